The second-order valence-corrected chi connectivity index (χ2v) is 3.58. The van der Waals surface area contributed by atoms with Crippen LogP contribution in [0.1, 0.15) is 24.2 Å². The first-order valence-corrected chi connectivity index (χ1v) is 5.74. The van der Waals surface area contributed by atoms with Crippen molar-refractivity contribution in [1.82, 2.24) is 20.0 Å². The summed E-state index contributed by atoms with van der Waals surface area (Å²) in [6.07, 6.45) is 3.21. The second-order valence-electron chi connectivity index (χ2n) is 3.58. The van der Waals surface area contributed by atoms with Gasteiger partial charge in [-0.2, -0.15) is 5.10 Å². The number of nitrogens with one attached hydrogen (secondary N) is 1. The number of hydrogen-bond donors (Lipinski definition) is 1. The molecule has 0 radical (unpaired) electrons. The Labute approximate surface area is 96.4 Å². The molecule has 0 saturated carbocycles. The summed E-state index contributed by atoms with van der Waals surface area (Å²) in [5, 5.41) is 6.42. The van der Waals surface area contributed by atoms with Crippen molar-refractivity contribution >= 4 is 5.91 Å². The van der Waals surface area contributed by atoms with Crippen LogP contribution < -0.4 is 0 Å². The first-order chi connectivity index (χ1) is 7.77. The van der Waals surface area contributed by atoms with Crippen LogP contribution in [0.4, 0.5) is 0 Å². The average molecular weight is 224 g/mol. The molecule has 0 aliphatic carbocycles. The molecular weight excluding hydrogens is 204 g/mol. The van der Waals surface area contributed by atoms with E-state index in [1.54, 1.807) is 12.4 Å². The van der Waals surface area contributed by atoms with Crippen molar-refractivity contribution in [3.05, 3.63) is 18.0 Å². The Kier molecular flexibility index (Phi) is 4.98. The number of likely N-dealkylation sites (N-methyl/N-ethyl adjacent to an activating group) is 1. The Bertz CT molecular complexity index is 302. The molecule has 0 atom stereocenters. The molecule has 0 unspecified atom stereocenters. The van der Waals surface area contributed by atoms with E-state index in [2.05, 4.69) is 22.1 Å². The molecule has 16 heavy (non-hydrogen) atoms. The van der Waals surface area contributed by atoms with Crippen LogP contribution in [-0.2, 0) is 0 Å². The zero-order valence-electron chi connectivity index (χ0n) is 10.2. The van der Waals surface area contributed by atoms with Gasteiger partial charge in [0.2, 0.25) is 0 Å². The molecule has 5 nitrogen and oxygen atoms in total. The zero-order valence-corrected chi connectivity index (χ0v) is 10.2. The van der Waals surface area contributed by atoms with Crippen molar-refractivity contribution in [2.45, 2.75) is 13.8 Å². The summed E-state index contributed by atoms with van der Waals surface area (Å²) in [7, 11) is 2.07. The summed E-state index contributed by atoms with van der Waals surface area (Å²) < 4.78 is 0. The van der Waals surface area contributed by atoms with Crippen molar-refractivity contribution < 1.29 is 4.79 Å². The minimum absolute atomic E-state index is 0.0758. The van der Waals surface area contributed by atoms with Crippen LogP contribution in [0.5, 0.6) is 0 Å². The van der Waals surface area contributed by atoms with Gasteiger partial charge in [-0.1, -0.05) is 13.8 Å². The summed E-state index contributed by atoms with van der Waals surface area (Å²) in [4.78, 5) is 15.9. The topological polar surface area (TPSA) is 52.2 Å². The highest BCUT2D eigenvalue weighted by atomic mass is 16.2. The Morgan fingerprint density at radius 1 is 1.31 bits per heavy atom. The Morgan fingerprint density at radius 2 is 1.94 bits per heavy atom. The summed E-state index contributed by atoms with van der Waals surface area (Å²) in [5.41, 5.74) is 0.648. The molecule has 1 saturated heterocycles. The van der Waals surface area contributed by atoms with Crippen molar-refractivity contribution in [3.8, 4) is 0 Å². The quantitative estimate of drug-likeness (QED) is 0.768. The minimum Gasteiger partial charge on any atom is -0.336 e. The number of rotatable bonds is 1. The molecule has 1 aromatic rings. The van der Waals surface area contributed by atoms with Crippen LogP contribution in [-0.4, -0.2) is 59.1 Å². The number of piperazine rings is 1. The second kappa shape index (κ2) is 6.27. The van der Waals surface area contributed by atoms with E-state index < -0.39 is 0 Å². The maximum atomic E-state index is 11.8. The van der Waals surface area contributed by atoms with Gasteiger partial charge >= 0.3 is 0 Å². The largest absolute Gasteiger partial charge is 0.336 e. The van der Waals surface area contributed by atoms with Crippen molar-refractivity contribution in [2.24, 2.45) is 0 Å². The fourth-order valence-corrected chi connectivity index (χ4v) is 1.56. The molecule has 1 fully saturated rings. The highest BCUT2D eigenvalue weighted by Gasteiger charge is 2.20. The van der Waals surface area contributed by atoms with Gasteiger partial charge in [-0.05, 0) is 7.05 Å². The first kappa shape index (κ1) is 12.7. The molecule has 90 valence electrons. The van der Waals surface area contributed by atoms with Crippen LogP contribution in [0.2, 0.25) is 0 Å². The Hall–Kier alpha value is -1.36. The van der Waals surface area contributed by atoms with Gasteiger partial charge < -0.3 is 9.80 Å². The average Bonchev–Trinajstić information content (AvgIpc) is 2.85. The number of hydrogen-bond acceptors (Lipinski definition) is 3. The highest BCUT2D eigenvalue weighted by Crippen LogP contribution is 2.05. The van der Waals surface area contributed by atoms with E-state index in [-0.39, 0.29) is 5.91 Å². The van der Waals surface area contributed by atoms with E-state index in [0.29, 0.717) is 5.56 Å². The van der Waals surface area contributed by atoms with Crippen molar-refractivity contribution in [1.29, 1.82) is 0 Å². The molecule has 1 aliphatic heterocycles. The third kappa shape index (κ3) is 3.06. The molecule has 1 amide bonds. The monoisotopic (exact) mass is 224 g/mol. The number of H-pyrrole nitrogens is 1. The van der Waals surface area contributed by atoms with Gasteiger partial charge in [0.15, 0.2) is 0 Å². The van der Waals surface area contributed by atoms with E-state index in [1.165, 1.54) is 0 Å². The number of aromatic nitrogens is 2. The predicted octanol–water partition coefficient (Wildman–Crippen LogP) is 0.823. The highest BCUT2D eigenvalue weighted by molar-refractivity contribution is 5.93. The Balaban J connectivity index is 0.000000606. The first-order valence-electron chi connectivity index (χ1n) is 5.74. The molecule has 2 rings (SSSR count). The molecule has 0 spiro atoms. The number of nitrogens with zero attached hydrogens (tertiary/aromatic N) is 3. The van der Waals surface area contributed by atoms with Gasteiger partial charge in [0.05, 0.1) is 11.8 Å². The van der Waals surface area contributed by atoms with Crippen LogP contribution in [0.25, 0.3) is 0 Å². The summed E-state index contributed by atoms with van der Waals surface area (Å²) in [6, 6.07) is 0. The van der Waals surface area contributed by atoms with E-state index in [0.717, 1.165) is 26.2 Å². The van der Waals surface area contributed by atoms with E-state index >= 15 is 0 Å². The fourth-order valence-electron chi connectivity index (χ4n) is 1.56. The van der Waals surface area contributed by atoms with Gasteiger partial charge in [-0.3, -0.25) is 9.89 Å². The molecule has 2 heterocycles. The number of amides is 1. The summed E-state index contributed by atoms with van der Waals surface area (Å²) in [5.74, 6) is 0.0758. The Morgan fingerprint density at radius 3 is 2.44 bits per heavy atom. The van der Waals surface area contributed by atoms with Gasteiger partial charge in [0.25, 0.3) is 5.91 Å². The molecule has 0 bridgehead atoms. The predicted molar refractivity (Wildman–Crippen MR) is 63.3 cm³/mol. The van der Waals surface area contributed by atoms with Gasteiger partial charge in [-0.15, -0.1) is 0 Å². The zero-order chi connectivity index (χ0) is 12.0. The normalized spacial score (nSPS) is 16.6. The van der Waals surface area contributed by atoms with Crippen LogP contribution in [0.3, 0.4) is 0 Å². The van der Waals surface area contributed by atoms with E-state index in [9.17, 15) is 4.79 Å². The third-order valence-corrected chi connectivity index (χ3v) is 2.54. The lowest BCUT2D eigenvalue weighted by atomic mass is 10.2. The molecule has 1 N–H and O–H groups in total. The van der Waals surface area contributed by atoms with Crippen molar-refractivity contribution in [2.75, 3.05) is 33.2 Å². The molecular formula is C11H20N4O. The van der Waals surface area contributed by atoms with Gasteiger partial charge in [-0.25, -0.2) is 0 Å². The van der Waals surface area contributed by atoms with Gasteiger partial charge in [0, 0.05) is 32.4 Å². The lowest BCUT2D eigenvalue weighted by Gasteiger charge is -2.32. The van der Waals surface area contributed by atoms with Crippen LogP contribution in [0, 0.1) is 0 Å². The number of carbonyl (C=O) groups is 1. The SMILES string of the molecule is CC.CN1CCN(C(=O)c2cn[nH]c2)CC1. The number of carbonyl (C=O) groups excluding carboxylic acids is 1. The lowest BCUT2D eigenvalue weighted by Crippen LogP contribution is -2.47. The van der Waals surface area contributed by atoms with Crippen LogP contribution >= 0.6 is 0 Å². The molecule has 1 aromatic heterocycles. The minimum atomic E-state index is 0.0758. The number of aromatic amines is 1. The third-order valence-electron chi connectivity index (χ3n) is 2.54. The summed E-state index contributed by atoms with van der Waals surface area (Å²) in [6.45, 7) is 7.51. The van der Waals surface area contributed by atoms with E-state index in [4.69, 9.17) is 0 Å². The van der Waals surface area contributed by atoms with Crippen molar-refractivity contribution in [3.63, 3.8) is 0 Å². The standard InChI is InChI=1S/C9H14N4O.C2H6/c1-12-2-4-13(5-3-12)9(14)8-6-10-11-7-8;1-2/h6-7H,2-5H2,1H3,(H,10,11);1-2H3. The molecule has 0 aromatic carbocycles. The van der Waals surface area contributed by atoms with E-state index in [1.807, 2.05) is 18.7 Å². The lowest BCUT2D eigenvalue weighted by molar-refractivity contribution is 0.0664. The van der Waals surface area contributed by atoms with Crippen LogP contribution in [0.15, 0.2) is 12.4 Å². The molecule has 5 heteroatoms. The maximum Gasteiger partial charge on any atom is 0.257 e. The van der Waals surface area contributed by atoms with Gasteiger partial charge in [0.1, 0.15) is 0 Å². The summed E-state index contributed by atoms with van der Waals surface area (Å²) >= 11 is 0. The maximum absolute atomic E-state index is 11.8. The smallest absolute Gasteiger partial charge is 0.257 e. The molecule has 1 aliphatic rings. The fraction of sp³-hybridized carbons (Fsp3) is 0.636.